The van der Waals surface area contributed by atoms with Crippen LogP contribution in [0.25, 0.3) is 10.9 Å². The third kappa shape index (κ3) is 3.62. The molecule has 4 aromatic rings. The van der Waals surface area contributed by atoms with Gasteiger partial charge < -0.3 is 29.7 Å². The van der Waals surface area contributed by atoms with Crippen LogP contribution in [0.4, 0.5) is 23.1 Å². The highest BCUT2D eigenvalue weighted by Crippen LogP contribution is 2.65. The second-order valence-electron chi connectivity index (χ2n) is 10.1. The van der Waals surface area contributed by atoms with E-state index in [9.17, 15) is 10.1 Å². The summed E-state index contributed by atoms with van der Waals surface area (Å²) in [6.07, 6.45) is 0.725. The summed E-state index contributed by atoms with van der Waals surface area (Å²) in [6.45, 7) is 2.38. The summed E-state index contributed by atoms with van der Waals surface area (Å²) in [5.74, 6) is 2.67. The molecule has 7 rings (SSSR count). The maximum absolute atomic E-state index is 13.1. The molecule has 0 bridgehead atoms. The lowest BCUT2D eigenvalue weighted by molar-refractivity contribution is -0.118. The molecular formula is C28H26N8O4. The van der Waals surface area contributed by atoms with Gasteiger partial charge in [-0.15, -0.1) is 0 Å². The van der Waals surface area contributed by atoms with E-state index in [0.29, 0.717) is 49.5 Å². The van der Waals surface area contributed by atoms with Crippen molar-refractivity contribution in [1.82, 2.24) is 20.2 Å². The Morgan fingerprint density at radius 1 is 1.12 bits per heavy atom. The quantitative estimate of drug-likeness (QED) is 0.334. The van der Waals surface area contributed by atoms with Crippen LogP contribution in [0.15, 0.2) is 36.4 Å². The molecule has 3 aliphatic rings. The van der Waals surface area contributed by atoms with Gasteiger partial charge in [-0.25, -0.2) is 0 Å². The molecule has 2 aliphatic heterocycles. The first kappa shape index (κ1) is 24.2. The number of morpholine rings is 1. The number of anilines is 4. The van der Waals surface area contributed by atoms with Crippen molar-refractivity contribution < 1.29 is 19.0 Å². The fourth-order valence-corrected chi connectivity index (χ4v) is 5.91. The number of rotatable bonds is 6. The molecule has 2 aromatic carbocycles. The molecular weight excluding hydrogens is 512 g/mol. The fourth-order valence-electron chi connectivity index (χ4n) is 5.91. The van der Waals surface area contributed by atoms with Crippen LogP contribution < -0.4 is 25.0 Å². The molecule has 40 heavy (non-hydrogen) atoms. The highest BCUT2D eigenvalue weighted by Gasteiger charge is 2.65. The Morgan fingerprint density at radius 2 is 1.98 bits per heavy atom. The van der Waals surface area contributed by atoms with Gasteiger partial charge in [-0.3, -0.25) is 9.89 Å². The lowest BCUT2D eigenvalue weighted by Crippen LogP contribution is -2.37. The molecule has 4 heterocycles. The molecule has 1 saturated heterocycles. The van der Waals surface area contributed by atoms with Crippen LogP contribution in [-0.2, 0) is 14.9 Å². The summed E-state index contributed by atoms with van der Waals surface area (Å²) < 4.78 is 16.6. The third-order valence-corrected chi connectivity index (χ3v) is 8.01. The van der Waals surface area contributed by atoms with Crippen molar-refractivity contribution >= 4 is 40.0 Å². The van der Waals surface area contributed by atoms with Gasteiger partial charge >= 0.3 is 0 Å². The number of aromatic nitrogens is 4. The van der Waals surface area contributed by atoms with Crippen LogP contribution in [0.5, 0.6) is 11.5 Å². The van der Waals surface area contributed by atoms with Crippen LogP contribution in [0, 0.1) is 11.3 Å². The zero-order valence-corrected chi connectivity index (χ0v) is 21.9. The minimum Gasteiger partial charge on any atom is -0.497 e. The molecule has 12 heteroatoms. The largest absolute Gasteiger partial charge is 0.497 e. The smallest absolute Gasteiger partial charge is 0.236 e. The minimum absolute atomic E-state index is 0.0213. The van der Waals surface area contributed by atoms with E-state index < -0.39 is 5.41 Å². The summed E-state index contributed by atoms with van der Waals surface area (Å²) in [7, 11) is 3.18. The highest BCUT2D eigenvalue weighted by atomic mass is 16.5. The van der Waals surface area contributed by atoms with Gasteiger partial charge in [0.2, 0.25) is 17.5 Å². The first-order chi connectivity index (χ1) is 19.5. The number of nitrogens with zero attached hydrogens (tertiary/aromatic N) is 5. The Kier molecular flexibility index (Phi) is 5.50. The summed E-state index contributed by atoms with van der Waals surface area (Å²) in [5, 5.41) is 24.3. The molecule has 12 nitrogen and oxygen atoms in total. The molecule has 2 aromatic heterocycles. The van der Waals surface area contributed by atoms with Crippen LogP contribution in [-0.4, -0.2) is 66.6 Å². The van der Waals surface area contributed by atoms with E-state index in [-0.39, 0.29) is 17.6 Å². The van der Waals surface area contributed by atoms with E-state index in [0.717, 1.165) is 39.9 Å². The van der Waals surface area contributed by atoms with Gasteiger partial charge in [-0.2, -0.15) is 20.3 Å². The van der Waals surface area contributed by atoms with E-state index >= 15 is 0 Å². The first-order valence-corrected chi connectivity index (χ1v) is 13.0. The molecule has 0 radical (unpaired) electrons. The third-order valence-electron chi connectivity index (χ3n) is 8.01. The lowest BCUT2D eigenvalue weighted by Gasteiger charge is -2.29. The van der Waals surface area contributed by atoms with Gasteiger partial charge in [0.05, 0.1) is 38.4 Å². The standard InChI is InChI=1S/C28H26N8O4/c1-38-16-4-6-20-18(12-16)28(27(37)30-20)13-19(28)15-3-5-17-21(11-15)34-35-24(17)33-25-23(39-2)26(32-22(14-29)31-25)36-7-9-40-10-8-36/h3-6,11-12,19H,7-10,13H2,1-2H3,(H,30,37)(H2,31,32,33,34,35)/t19-,28-/m0/s1. The molecule has 0 unspecified atom stereocenters. The van der Waals surface area contributed by atoms with Crippen LogP contribution in [0.2, 0.25) is 0 Å². The summed E-state index contributed by atoms with van der Waals surface area (Å²) in [6, 6.07) is 13.8. The number of carbonyl (C=O) groups excluding carboxylic acids is 1. The average Bonchev–Trinajstić information content (AvgIpc) is 3.55. The number of hydrogen-bond donors (Lipinski definition) is 3. The number of hydrogen-bond acceptors (Lipinski definition) is 10. The number of ether oxygens (including phenoxy) is 3. The van der Waals surface area contributed by atoms with Crippen LogP contribution >= 0.6 is 0 Å². The lowest BCUT2D eigenvalue weighted by atomic mass is 9.91. The minimum atomic E-state index is -0.587. The molecule has 1 amide bonds. The summed E-state index contributed by atoms with van der Waals surface area (Å²) in [5.41, 5.74) is 3.10. The second-order valence-corrected chi connectivity index (χ2v) is 10.1. The Balaban J connectivity index is 1.20. The van der Waals surface area contributed by atoms with Gasteiger partial charge in [-0.1, -0.05) is 6.07 Å². The Morgan fingerprint density at radius 3 is 2.75 bits per heavy atom. The number of carbonyl (C=O) groups is 1. The number of nitrogens with one attached hydrogen (secondary N) is 3. The SMILES string of the molecule is COc1ccc2c(c1)[C@]1(C[C@H]1c1ccc3c(Nc4nc(C#N)nc(N5CCOCC5)c4OC)n[nH]c3c1)C(=O)N2. The number of amides is 1. The zero-order valence-electron chi connectivity index (χ0n) is 21.9. The van der Waals surface area contributed by atoms with Crippen molar-refractivity contribution in [2.45, 2.75) is 17.8 Å². The number of H-pyrrole nitrogens is 1. The van der Waals surface area contributed by atoms with Crippen molar-refractivity contribution in [2.24, 2.45) is 0 Å². The van der Waals surface area contributed by atoms with Crippen molar-refractivity contribution in [3.63, 3.8) is 0 Å². The number of benzene rings is 2. The maximum Gasteiger partial charge on any atom is 0.236 e. The van der Waals surface area contributed by atoms with E-state index in [2.05, 4.69) is 30.8 Å². The zero-order chi connectivity index (χ0) is 27.4. The molecule has 1 aliphatic carbocycles. The predicted octanol–water partition coefficient (Wildman–Crippen LogP) is 3.20. The summed E-state index contributed by atoms with van der Waals surface area (Å²) in [4.78, 5) is 23.9. The van der Waals surface area contributed by atoms with Gasteiger partial charge in [-0.05, 0) is 47.9 Å². The van der Waals surface area contributed by atoms with Crippen LogP contribution in [0.3, 0.4) is 0 Å². The topological polar surface area (TPSA) is 150 Å². The summed E-state index contributed by atoms with van der Waals surface area (Å²) >= 11 is 0. The Bertz CT molecular complexity index is 1710. The Labute approximate surface area is 229 Å². The van der Waals surface area contributed by atoms with E-state index in [1.54, 1.807) is 14.2 Å². The van der Waals surface area contributed by atoms with Crippen molar-refractivity contribution in [3.8, 4) is 17.6 Å². The normalized spacial score (nSPS) is 21.2. The van der Waals surface area contributed by atoms with Crippen molar-refractivity contribution in [1.29, 1.82) is 5.26 Å². The van der Waals surface area contributed by atoms with Gasteiger partial charge in [0, 0.05) is 30.1 Å². The Hall–Kier alpha value is -4.89. The van der Waals surface area contributed by atoms with Gasteiger partial charge in [0.15, 0.2) is 17.5 Å². The predicted molar refractivity (Wildman–Crippen MR) is 146 cm³/mol. The first-order valence-electron chi connectivity index (χ1n) is 13.0. The molecule has 202 valence electrons. The number of aromatic amines is 1. The average molecular weight is 539 g/mol. The van der Waals surface area contributed by atoms with E-state index in [1.807, 2.05) is 47.4 Å². The fraction of sp³-hybridized carbons (Fsp3) is 0.321. The highest BCUT2D eigenvalue weighted by molar-refractivity contribution is 6.10. The van der Waals surface area contributed by atoms with Gasteiger partial charge in [0.25, 0.3) is 0 Å². The molecule has 3 N–H and O–H groups in total. The molecule has 1 spiro atoms. The maximum atomic E-state index is 13.1. The van der Waals surface area contributed by atoms with E-state index in [1.165, 1.54) is 0 Å². The van der Waals surface area contributed by atoms with E-state index in [4.69, 9.17) is 14.2 Å². The van der Waals surface area contributed by atoms with Gasteiger partial charge in [0.1, 0.15) is 11.8 Å². The second kappa shape index (κ2) is 9.10. The number of fused-ring (bicyclic) bond motifs is 3. The van der Waals surface area contributed by atoms with Crippen LogP contribution in [0.1, 0.15) is 29.3 Å². The molecule has 1 saturated carbocycles. The molecule has 2 atom stereocenters. The van der Waals surface area contributed by atoms with Crippen molar-refractivity contribution in [2.75, 3.05) is 56.1 Å². The number of methoxy groups -OCH3 is 2. The molecule has 2 fully saturated rings. The van der Waals surface area contributed by atoms with Crippen molar-refractivity contribution in [3.05, 3.63) is 53.3 Å². The number of nitriles is 1. The monoisotopic (exact) mass is 538 g/mol.